The van der Waals surface area contributed by atoms with Crippen molar-refractivity contribution >= 4 is 26.0 Å². The third kappa shape index (κ3) is 6.95. The topological polar surface area (TPSA) is 95.1 Å². The standard InChI is InChI=1S/C29H34FN3O5S2/c1-2-19-32(40(37,38)27-11-7-4-8-12-27)23-29(34)33(22-24-9-5-3-6-10-24)26-17-20-31(21-18-26)39(35,36)28-15-13-25(30)14-16-28/h3-16,26H,2,17-23H2,1H3. The lowest BCUT2D eigenvalue weighted by Gasteiger charge is -2.39. The minimum atomic E-state index is -3.89. The second kappa shape index (κ2) is 13.0. The first kappa shape index (κ1) is 29.9. The Hall–Kier alpha value is -3.12. The first-order valence-corrected chi connectivity index (χ1v) is 16.1. The molecule has 1 heterocycles. The predicted molar refractivity (Wildman–Crippen MR) is 151 cm³/mol. The van der Waals surface area contributed by atoms with Crippen molar-refractivity contribution in [2.75, 3.05) is 26.2 Å². The molecule has 0 atom stereocenters. The molecule has 4 rings (SSSR count). The van der Waals surface area contributed by atoms with Gasteiger partial charge in [-0.2, -0.15) is 8.61 Å². The summed E-state index contributed by atoms with van der Waals surface area (Å²) < 4.78 is 68.9. The summed E-state index contributed by atoms with van der Waals surface area (Å²) in [5.74, 6) is -0.851. The highest BCUT2D eigenvalue weighted by Gasteiger charge is 2.35. The molecule has 0 radical (unpaired) electrons. The normalized spacial score (nSPS) is 15.3. The molecule has 0 bridgehead atoms. The van der Waals surface area contributed by atoms with Gasteiger partial charge in [0.05, 0.1) is 16.3 Å². The van der Waals surface area contributed by atoms with E-state index in [0.717, 1.165) is 17.7 Å². The van der Waals surface area contributed by atoms with Gasteiger partial charge in [-0.1, -0.05) is 55.5 Å². The lowest BCUT2D eigenvalue weighted by atomic mass is 10.0. The van der Waals surface area contributed by atoms with Gasteiger partial charge in [-0.25, -0.2) is 21.2 Å². The highest BCUT2D eigenvalue weighted by atomic mass is 32.2. The third-order valence-corrected chi connectivity index (χ3v) is 10.8. The smallest absolute Gasteiger partial charge is 0.243 e. The average Bonchev–Trinajstić information content (AvgIpc) is 2.97. The highest BCUT2D eigenvalue weighted by molar-refractivity contribution is 7.89. The predicted octanol–water partition coefficient (Wildman–Crippen LogP) is 4.11. The Kier molecular flexibility index (Phi) is 9.72. The number of rotatable bonds is 11. The summed E-state index contributed by atoms with van der Waals surface area (Å²) in [4.78, 5) is 15.6. The molecule has 8 nitrogen and oxygen atoms in total. The van der Waals surface area contributed by atoms with E-state index in [1.165, 1.54) is 32.9 Å². The molecule has 1 aliphatic heterocycles. The summed E-state index contributed by atoms with van der Waals surface area (Å²) in [6.07, 6.45) is 1.31. The van der Waals surface area contributed by atoms with Crippen LogP contribution in [0, 0.1) is 5.82 Å². The molecule has 0 unspecified atom stereocenters. The molecule has 0 spiro atoms. The van der Waals surface area contributed by atoms with Crippen LogP contribution in [-0.2, 0) is 31.4 Å². The van der Waals surface area contributed by atoms with Crippen molar-refractivity contribution in [1.29, 1.82) is 0 Å². The van der Waals surface area contributed by atoms with E-state index in [2.05, 4.69) is 0 Å². The lowest BCUT2D eigenvalue weighted by Crippen LogP contribution is -2.51. The number of hydrogen-bond acceptors (Lipinski definition) is 5. The number of hydrogen-bond donors (Lipinski definition) is 0. The summed E-state index contributed by atoms with van der Waals surface area (Å²) in [6.45, 7) is 2.38. The quantitative estimate of drug-likeness (QED) is 0.337. The van der Waals surface area contributed by atoms with E-state index < -0.39 is 25.9 Å². The van der Waals surface area contributed by atoms with Crippen LogP contribution in [0.15, 0.2) is 94.7 Å². The van der Waals surface area contributed by atoms with Gasteiger partial charge in [0.1, 0.15) is 5.82 Å². The van der Waals surface area contributed by atoms with Crippen LogP contribution in [0.25, 0.3) is 0 Å². The Morgan fingerprint density at radius 3 is 2.00 bits per heavy atom. The second-order valence-electron chi connectivity index (χ2n) is 9.75. The Balaban J connectivity index is 1.54. The van der Waals surface area contributed by atoms with E-state index in [0.29, 0.717) is 19.3 Å². The molecule has 0 aromatic heterocycles. The van der Waals surface area contributed by atoms with E-state index in [1.807, 2.05) is 37.3 Å². The Bertz CT molecular complexity index is 1480. The fourth-order valence-electron chi connectivity index (χ4n) is 4.87. The Morgan fingerprint density at radius 1 is 0.850 bits per heavy atom. The molecular formula is C29H34FN3O5S2. The van der Waals surface area contributed by atoms with Gasteiger partial charge >= 0.3 is 0 Å². The van der Waals surface area contributed by atoms with Crippen molar-refractivity contribution in [1.82, 2.24) is 13.5 Å². The van der Waals surface area contributed by atoms with Gasteiger partial charge in [0, 0.05) is 32.2 Å². The van der Waals surface area contributed by atoms with Crippen LogP contribution < -0.4 is 0 Å². The number of piperidine rings is 1. The van der Waals surface area contributed by atoms with E-state index in [9.17, 15) is 26.0 Å². The van der Waals surface area contributed by atoms with Crippen molar-refractivity contribution in [2.24, 2.45) is 0 Å². The number of sulfonamides is 2. The SMILES string of the molecule is CCCN(CC(=O)N(Cc1ccccc1)C1CCN(S(=O)(=O)c2ccc(F)cc2)CC1)S(=O)(=O)c1ccccc1. The molecule has 0 saturated carbocycles. The molecule has 1 aliphatic rings. The number of amides is 1. The summed E-state index contributed by atoms with van der Waals surface area (Å²) >= 11 is 0. The van der Waals surface area contributed by atoms with E-state index in [4.69, 9.17) is 0 Å². The van der Waals surface area contributed by atoms with E-state index in [1.54, 1.807) is 23.1 Å². The van der Waals surface area contributed by atoms with Gasteiger partial charge in [0.2, 0.25) is 26.0 Å². The minimum absolute atomic E-state index is 0.0193. The van der Waals surface area contributed by atoms with Crippen molar-refractivity contribution in [3.8, 4) is 0 Å². The molecule has 11 heteroatoms. The average molecular weight is 588 g/mol. The zero-order chi connectivity index (χ0) is 28.8. The highest BCUT2D eigenvalue weighted by Crippen LogP contribution is 2.25. The zero-order valence-electron chi connectivity index (χ0n) is 22.4. The monoisotopic (exact) mass is 587 g/mol. The van der Waals surface area contributed by atoms with Crippen LogP contribution in [0.5, 0.6) is 0 Å². The maximum Gasteiger partial charge on any atom is 0.243 e. The molecule has 1 saturated heterocycles. The number of carbonyl (C=O) groups excluding carboxylic acids is 1. The van der Waals surface area contributed by atoms with Crippen LogP contribution >= 0.6 is 0 Å². The number of nitrogens with zero attached hydrogens (tertiary/aromatic N) is 3. The number of benzene rings is 3. The minimum Gasteiger partial charge on any atom is -0.334 e. The second-order valence-corrected chi connectivity index (χ2v) is 13.6. The fraction of sp³-hybridized carbons (Fsp3) is 0.345. The zero-order valence-corrected chi connectivity index (χ0v) is 24.0. The summed E-state index contributed by atoms with van der Waals surface area (Å²) in [7, 11) is -7.69. The molecule has 40 heavy (non-hydrogen) atoms. The largest absolute Gasteiger partial charge is 0.334 e. The van der Waals surface area contributed by atoms with E-state index >= 15 is 0 Å². The van der Waals surface area contributed by atoms with Crippen LogP contribution in [0.4, 0.5) is 4.39 Å². The van der Waals surface area contributed by atoms with Crippen LogP contribution in [0.2, 0.25) is 0 Å². The van der Waals surface area contributed by atoms with Crippen molar-refractivity contribution in [2.45, 2.75) is 48.6 Å². The Morgan fingerprint density at radius 2 is 1.43 bits per heavy atom. The van der Waals surface area contributed by atoms with Gasteiger partial charge in [-0.3, -0.25) is 4.79 Å². The van der Waals surface area contributed by atoms with Crippen LogP contribution in [0.1, 0.15) is 31.7 Å². The van der Waals surface area contributed by atoms with Crippen LogP contribution in [-0.4, -0.2) is 68.5 Å². The van der Waals surface area contributed by atoms with Gasteiger partial charge in [0.25, 0.3) is 0 Å². The molecule has 0 aliphatic carbocycles. The van der Waals surface area contributed by atoms with Gasteiger partial charge in [-0.15, -0.1) is 0 Å². The molecule has 1 amide bonds. The van der Waals surface area contributed by atoms with E-state index in [-0.39, 0.29) is 54.5 Å². The van der Waals surface area contributed by atoms with Crippen molar-refractivity contribution < 1.29 is 26.0 Å². The van der Waals surface area contributed by atoms with Crippen molar-refractivity contribution in [3.05, 3.63) is 96.3 Å². The summed E-state index contributed by atoms with van der Waals surface area (Å²) in [5.41, 5.74) is 0.894. The molecular weight excluding hydrogens is 553 g/mol. The van der Waals surface area contributed by atoms with Gasteiger partial charge in [-0.05, 0) is 61.2 Å². The maximum atomic E-state index is 13.8. The summed E-state index contributed by atoms with van der Waals surface area (Å²) in [5, 5.41) is 0. The molecule has 3 aromatic rings. The Labute approximate surface area is 236 Å². The van der Waals surface area contributed by atoms with Gasteiger partial charge in [0.15, 0.2) is 0 Å². The number of carbonyl (C=O) groups is 1. The molecule has 0 N–H and O–H groups in total. The maximum absolute atomic E-state index is 13.8. The lowest BCUT2D eigenvalue weighted by molar-refractivity contribution is -0.135. The van der Waals surface area contributed by atoms with Crippen LogP contribution in [0.3, 0.4) is 0 Å². The fourth-order valence-corrected chi connectivity index (χ4v) is 7.84. The van der Waals surface area contributed by atoms with Gasteiger partial charge < -0.3 is 4.90 Å². The number of halogens is 1. The first-order valence-electron chi connectivity index (χ1n) is 13.3. The molecule has 1 fully saturated rings. The first-order chi connectivity index (χ1) is 19.1. The summed E-state index contributed by atoms with van der Waals surface area (Å²) in [6, 6.07) is 21.9. The third-order valence-electron chi connectivity index (χ3n) is 7.00. The van der Waals surface area contributed by atoms with Crippen molar-refractivity contribution in [3.63, 3.8) is 0 Å². The molecule has 3 aromatic carbocycles. The molecule has 214 valence electrons.